The molecule has 1 aromatic carbocycles. The highest BCUT2D eigenvalue weighted by Gasteiger charge is 2.10. The van der Waals surface area contributed by atoms with Gasteiger partial charge in [-0.3, -0.25) is 4.79 Å². The van der Waals surface area contributed by atoms with Crippen LogP contribution in [0.3, 0.4) is 0 Å². The number of aliphatic hydroxyl groups is 1. The average molecular weight is 278 g/mol. The number of carbonyl (C=O) groups excluding carboxylic acids is 1. The fourth-order valence-corrected chi connectivity index (χ4v) is 1.86. The number of aliphatic hydroxyl groups excluding tert-OH is 1. The van der Waals surface area contributed by atoms with Crippen LogP contribution in [0.1, 0.15) is 43.5 Å². The molecule has 3 N–H and O–H groups in total. The molecule has 0 saturated carbocycles. The van der Waals surface area contributed by atoms with Gasteiger partial charge in [-0.2, -0.15) is 0 Å². The Morgan fingerprint density at radius 3 is 2.65 bits per heavy atom. The Labute approximate surface area is 121 Å². The van der Waals surface area contributed by atoms with E-state index >= 15 is 0 Å². The number of benzene rings is 1. The zero-order chi connectivity index (χ0) is 14.8. The zero-order valence-electron chi connectivity index (χ0n) is 12.5. The van der Waals surface area contributed by atoms with E-state index in [0.717, 1.165) is 31.5 Å². The van der Waals surface area contributed by atoms with Crippen LogP contribution in [0.25, 0.3) is 0 Å². The minimum absolute atomic E-state index is 0.0304. The number of rotatable bonds is 9. The minimum Gasteiger partial charge on any atom is -0.396 e. The van der Waals surface area contributed by atoms with Gasteiger partial charge in [-0.25, -0.2) is 0 Å². The van der Waals surface area contributed by atoms with Crippen LogP contribution < -0.4 is 10.6 Å². The van der Waals surface area contributed by atoms with Gasteiger partial charge in [0.15, 0.2) is 0 Å². The van der Waals surface area contributed by atoms with Crippen molar-refractivity contribution in [1.82, 2.24) is 5.32 Å². The Morgan fingerprint density at radius 2 is 1.95 bits per heavy atom. The summed E-state index contributed by atoms with van der Waals surface area (Å²) in [6.45, 7) is 5.89. The van der Waals surface area contributed by atoms with Gasteiger partial charge >= 0.3 is 0 Å². The summed E-state index contributed by atoms with van der Waals surface area (Å²) >= 11 is 0. The second kappa shape index (κ2) is 9.37. The quantitative estimate of drug-likeness (QED) is 0.609. The van der Waals surface area contributed by atoms with Crippen molar-refractivity contribution >= 4 is 11.6 Å². The first-order chi connectivity index (χ1) is 9.65. The van der Waals surface area contributed by atoms with Crippen molar-refractivity contribution in [3.05, 3.63) is 29.8 Å². The van der Waals surface area contributed by atoms with E-state index in [-0.39, 0.29) is 12.5 Å². The maximum atomic E-state index is 12.1. The molecule has 4 nitrogen and oxygen atoms in total. The van der Waals surface area contributed by atoms with Gasteiger partial charge < -0.3 is 15.7 Å². The van der Waals surface area contributed by atoms with Crippen molar-refractivity contribution in [3.8, 4) is 0 Å². The van der Waals surface area contributed by atoms with Crippen LogP contribution in [0.5, 0.6) is 0 Å². The molecule has 112 valence electrons. The largest absolute Gasteiger partial charge is 0.396 e. The van der Waals surface area contributed by atoms with Crippen molar-refractivity contribution in [1.29, 1.82) is 0 Å². The van der Waals surface area contributed by atoms with Gasteiger partial charge in [0.2, 0.25) is 0 Å². The highest BCUT2D eigenvalue weighted by molar-refractivity contribution is 5.99. The fourth-order valence-electron chi connectivity index (χ4n) is 1.86. The molecule has 0 atom stereocenters. The molecular weight excluding hydrogens is 252 g/mol. The molecule has 1 amide bonds. The first kappa shape index (κ1) is 16.5. The van der Waals surface area contributed by atoms with Crippen molar-refractivity contribution in [2.75, 3.05) is 25.0 Å². The van der Waals surface area contributed by atoms with Gasteiger partial charge in [0.25, 0.3) is 5.91 Å². The lowest BCUT2D eigenvalue weighted by molar-refractivity contribution is 0.0950. The van der Waals surface area contributed by atoms with E-state index in [1.807, 2.05) is 24.3 Å². The first-order valence-electron chi connectivity index (χ1n) is 7.37. The van der Waals surface area contributed by atoms with Gasteiger partial charge in [-0.1, -0.05) is 26.0 Å². The average Bonchev–Trinajstić information content (AvgIpc) is 2.45. The lowest BCUT2D eigenvalue weighted by Gasteiger charge is -2.13. The Kier molecular flexibility index (Phi) is 7.73. The molecule has 1 rings (SSSR count). The predicted molar refractivity (Wildman–Crippen MR) is 83.0 cm³/mol. The Balaban J connectivity index is 2.52. The van der Waals surface area contributed by atoms with E-state index < -0.39 is 0 Å². The highest BCUT2D eigenvalue weighted by Crippen LogP contribution is 2.15. The van der Waals surface area contributed by atoms with Crippen LogP contribution in [0.15, 0.2) is 24.3 Å². The summed E-state index contributed by atoms with van der Waals surface area (Å²) in [6.07, 6.45) is 2.81. The van der Waals surface area contributed by atoms with Gasteiger partial charge in [-0.05, 0) is 37.3 Å². The summed E-state index contributed by atoms with van der Waals surface area (Å²) in [4.78, 5) is 12.1. The third-order valence-electron chi connectivity index (χ3n) is 2.99. The van der Waals surface area contributed by atoms with Crippen molar-refractivity contribution < 1.29 is 9.90 Å². The SMILES string of the molecule is CC(C)CNC(=O)c1ccccc1NCCCCCO. The maximum Gasteiger partial charge on any atom is 0.253 e. The van der Waals surface area contributed by atoms with Crippen LogP contribution in [0, 0.1) is 5.92 Å². The van der Waals surface area contributed by atoms with E-state index in [0.29, 0.717) is 18.0 Å². The maximum absolute atomic E-state index is 12.1. The molecule has 4 heteroatoms. The molecule has 0 saturated heterocycles. The first-order valence-corrected chi connectivity index (χ1v) is 7.37. The number of nitrogens with one attached hydrogen (secondary N) is 2. The molecule has 0 aliphatic heterocycles. The van der Waals surface area contributed by atoms with Crippen LogP contribution >= 0.6 is 0 Å². The van der Waals surface area contributed by atoms with Gasteiger partial charge in [0.1, 0.15) is 0 Å². The molecule has 0 bridgehead atoms. The van der Waals surface area contributed by atoms with E-state index in [9.17, 15) is 4.79 Å². The van der Waals surface area contributed by atoms with E-state index in [4.69, 9.17) is 5.11 Å². The molecule has 0 fully saturated rings. The molecule has 20 heavy (non-hydrogen) atoms. The summed E-state index contributed by atoms with van der Waals surface area (Å²) < 4.78 is 0. The zero-order valence-corrected chi connectivity index (χ0v) is 12.5. The number of hydrogen-bond donors (Lipinski definition) is 3. The van der Waals surface area contributed by atoms with E-state index in [1.54, 1.807) is 0 Å². The fraction of sp³-hybridized carbons (Fsp3) is 0.562. The summed E-state index contributed by atoms with van der Waals surface area (Å²) in [5.41, 5.74) is 1.56. The van der Waals surface area contributed by atoms with Crippen LogP contribution in [-0.4, -0.2) is 30.7 Å². The summed E-state index contributed by atoms with van der Waals surface area (Å²) in [5, 5.41) is 15.0. The van der Waals surface area contributed by atoms with Crippen LogP contribution in [-0.2, 0) is 0 Å². The van der Waals surface area contributed by atoms with Gasteiger partial charge in [0, 0.05) is 25.4 Å². The van der Waals surface area contributed by atoms with E-state index in [1.165, 1.54) is 0 Å². The highest BCUT2D eigenvalue weighted by atomic mass is 16.2. The van der Waals surface area contributed by atoms with Crippen LogP contribution in [0.4, 0.5) is 5.69 Å². The standard InChI is InChI=1S/C16H26N2O2/c1-13(2)12-18-16(20)14-8-4-5-9-15(14)17-10-6-3-7-11-19/h4-5,8-9,13,17,19H,3,6-7,10-12H2,1-2H3,(H,18,20). The lowest BCUT2D eigenvalue weighted by Crippen LogP contribution is -2.28. The normalized spacial score (nSPS) is 10.6. The van der Waals surface area contributed by atoms with Crippen molar-refractivity contribution in [3.63, 3.8) is 0 Å². The molecule has 0 aliphatic carbocycles. The monoisotopic (exact) mass is 278 g/mol. The number of anilines is 1. The number of para-hydroxylation sites is 1. The van der Waals surface area contributed by atoms with Crippen LogP contribution in [0.2, 0.25) is 0 Å². The van der Waals surface area contributed by atoms with Gasteiger partial charge in [0.05, 0.1) is 5.56 Å². The van der Waals surface area contributed by atoms with Crippen molar-refractivity contribution in [2.24, 2.45) is 5.92 Å². The summed E-state index contributed by atoms with van der Waals surface area (Å²) in [6, 6.07) is 7.57. The minimum atomic E-state index is -0.0304. The molecule has 1 aromatic rings. The molecular formula is C16H26N2O2. The molecule has 0 unspecified atom stereocenters. The Bertz CT molecular complexity index is 405. The smallest absolute Gasteiger partial charge is 0.253 e. The van der Waals surface area contributed by atoms with Crippen molar-refractivity contribution in [2.45, 2.75) is 33.1 Å². The summed E-state index contributed by atoms with van der Waals surface area (Å²) in [5.74, 6) is 0.412. The third-order valence-corrected chi connectivity index (χ3v) is 2.99. The summed E-state index contributed by atoms with van der Waals surface area (Å²) in [7, 11) is 0. The molecule has 0 aliphatic rings. The number of carbonyl (C=O) groups is 1. The number of hydrogen-bond acceptors (Lipinski definition) is 3. The molecule has 0 radical (unpaired) electrons. The second-order valence-corrected chi connectivity index (χ2v) is 5.36. The van der Waals surface area contributed by atoms with Gasteiger partial charge in [-0.15, -0.1) is 0 Å². The third kappa shape index (κ3) is 6.06. The predicted octanol–water partition coefficient (Wildman–Crippen LogP) is 2.65. The molecule has 0 heterocycles. The molecule has 0 spiro atoms. The Morgan fingerprint density at radius 1 is 1.20 bits per heavy atom. The van der Waals surface area contributed by atoms with E-state index in [2.05, 4.69) is 24.5 Å². The Hall–Kier alpha value is -1.55. The molecule has 0 aromatic heterocycles. The topological polar surface area (TPSA) is 61.4 Å². The number of amides is 1. The lowest BCUT2D eigenvalue weighted by atomic mass is 10.1. The number of unbranched alkanes of at least 4 members (excludes halogenated alkanes) is 2. The second-order valence-electron chi connectivity index (χ2n) is 5.36.